The molecule has 0 aliphatic rings. The number of benzene rings is 1. The van der Waals surface area contributed by atoms with Crippen molar-refractivity contribution in [3.8, 4) is 5.75 Å². The third-order valence-electron chi connectivity index (χ3n) is 1.49. The first-order valence-corrected chi connectivity index (χ1v) is 4.81. The van der Waals surface area contributed by atoms with Gasteiger partial charge in [-0.1, -0.05) is 6.07 Å². The van der Waals surface area contributed by atoms with E-state index in [0.29, 0.717) is 0 Å². The van der Waals surface area contributed by atoms with Crippen molar-refractivity contribution in [3.05, 3.63) is 18.2 Å². The van der Waals surface area contributed by atoms with Gasteiger partial charge in [0.2, 0.25) is 0 Å². The number of anilines is 1. The lowest BCUT2D eigenvalue weighted by Gasteiger charge is -2.07. The maximum atomic E-state index is 10.8. The summed E-state index contributed by atoms with van der Waals surface area (Å²) in [7, 11) is -2.99. The average molecular weight is 203 g/mol. The number of nitrogen functional groups attached to an aromatic ring is 1. The van der Waals surface area contributed by atoms with Gasteiger partial charge in [0.1, 0.15) is 4.90 Å². The van der Waals surface area contributed by atoms with E-state index in [9.17, 15) is 8.42 Å². The van der Waals surface area contributed by atoms with Crippen LogP contribution in [0.25, 0.3) is 0 Å². The van der Waals surface area contributed by atoms with Crippen LogP contribution in [-0.4, -0.2) is 20.1 Å². The molecule has 0 bridgehead atoms. The second-order valence-corrected chi connectivity index (χ2v) is 3.74. The molecule has 0 saturated heterocycles. The van der Waals surface area contributed by atoms with Gasteiger partial charge in [0.25, 0.3) is 10.1 Å². The summed E-state index contributed by atoms with van der Waals surface area (Å²) in [6, 6.07) is 4.11. The van der Waals surface area contributed by atoms with E-state index in [-0.39, 0.29) is 16.3 Å². The van der Waals surface area contributed by atoms with E-state index in [1.165, 1.54) is 25.3 Å². The van der Waals surface area contributed by atoms with Gasteiger partial charge in [-0.3, -0.25) is 4.55 Å². The molecule has 0 aliphatic carbocycles. The average Bonchev–Trinajstić information content (AvgIpc) is 2.02. The van der Waals surface area contributed by atoms with Gasteiger partial charge in [-0.05, 0) is 12.1 Å². The third-order valence-corrected chi connectivity index (χ3v) is 2.37. The Morgan fingerprint density at radius 2 is 2.08 bits per heavy atom. The fourth-order valence-electron chi connectivity index (χ4n) is 0.954. The number of methoxy groups -OCH3 is 1. The molecule has 6 heteroatoms. The Morgan fingerprint density at radius 1 is 1.46 bits per heavy atom. The molecule has 13 heavy (non-hydrogen) atoms. The maximum absolute atomic E-state index is 10.8. The van der Waals surface area contributed by atoms with Gasteiger partial charge in [0.15, 0.2) is 5.75 Å². The molecule has 0 saturated carbocycles. The summed E-state index contributed by atoms with van der Waals surface area (Å²) in [6.45, 7) is 0. The van der Waals surface area contributed by atoms with Gasteiger partial charge in [-0.15, -0.1) is 0 Å². The van der Waals surface area contributed by atoms with Crippen LogP contribution in [0.15, 0.2) is 23.1 Å². The second kappa shape index (κ2) is 3.23. The quantitative estimate of drug-likeness (QED) is 0.540. The number of nitrogens with two attached hydrogens (primary N) is 1. The molecule has 72 valence electrons. The van der Waals surface area contributed by atoms with Crippen LogP contribution in [0.4, 0.5) is 5.69 Å². The SMILES string of the molecule is COc1c(N)cccc1S(=O)(=O)O. The highest BCUT2D eigenvalue weighted by Crippen LogP contribution is 2.29. The molecular formula is C7H9NO4S. The first-order valence-electron chi connectivity index (χ1n) is 3.37. The van der Waals surface area contributed by atoms with Gasteiger partial charge >= 0.3 is 0 Å². The van der Waals surface area contributed by atoms with Crippen LogP contribution >= 0.6 is 0 Å². The van der Waals surface area contributed by atoms with E-state index < -0.39 is 10.1 Å². The van der Waals surface area contributed by atoms with Crippen molar-refractivity contribution in [2.45, 2.75) is 4.90 Å². The molecule has 0 fully saturated rings. The van der Waals surface area contributed by atoms with E-state index in [1.807, 2.05) is 0 Å². The Morgan fingerprint density at radius 3 is 2.46 bits per heavy atom. The van der Waals surface area contributed by atoms with Gasteiger partial charge in [-0.25, -0.2) is 0 Å². The van der Waals surface area contributed by atoms with Crippen molar-refractivity contribution in [1.29, 1.82) is 0 Å². The van der Waals surface area contributed by atoms with Gasteiger partial charge < -0.3 is 10.5 Å². The molecule has 1 aromatic rings. The summed E-state index contributed by atoms with van der Waals surface area (Å²) in [5.41, 5.74) is 5.59. The van der Waals surface area contributed by atoms with E-state index in [4.69, 9.17) is 15.0 Å². The van der Waals surface area contributed by atoms with E-state index in [1.54, 1.807) is 0 Å². The minimum atomic E-state index is -4.27. The lowest BCUT2D eigenvalue weighted by atomic mass is 10.3. The number of hydrogen-bond donors (Lipinski definition) is 2. The minimum Gasteiger partial charge on any atom is -0.493 e. The van der Waals surface area contributed by atoms with Crippen molar-refractivity contribution >= 4 is 15.8 Å². The molecule has 0 heterocycles. The van der Waals surface area contributed by atoms with Crippen LogP contribution in [0, 0.1) is 0 Å². The molecule has 3 N–H and O–H groups in total. The number of hydrogen-bond acceptors (Lipinski definition) is 4. The summed E-state index contributed by atoms with van der Waals surface area (Å²) >= 11 is 0. The molecule has 0 unspecified atom stereocenters. The highest BCUT2D eigenvalue weighted by atomic mass is 32.2. The largest absolute Gasteiger partial charge is 0.493 e. The molecule has 0 spiro atoms. The predicted octanol–water partition coefficient (Wildman–Crippen LogP) is 0.524. The summed E-state index contributed by atoms with van der Waals surface area (Å²) < 4.78 is 35.1. The van der Waals surface area contributed by atoms with Crippen LogP contribution in [0.3, 0.4) is 0 Å². The standard InChI is InChI=1S/C7H9NO4S/c1-12-7-5(8)3-2-4-6(7)13(9,10)11/h2-4H,8H2,1H3,(H,9,10,11). The lowest BCUT2D eigenvalue weighted by Crippen LogP contribution is -2.03. The molecule has 0 aromatic heterocycles. The maximum Gasteiger partial charge on any atom is 0.298 e. The number of rotatable bonds is 2. The molecule has 1 aromatic carbocycles. The van der Waals surface area contributed by atoms with Crippen molar-refractivity contribution in [2.75, 3.05) is 12.8 Å². The second-order valence-electron chi connectivity index (χ2n) is 2.35. The minimum absolute atomic E-state index is 0.0370. The zero-order valence-corrected chi connectivity index (χ0v) is 7.71. The third kappa shape index (κ3) is 1.90. The summed E-state index contributed by atoms with van der Waals surface area (Å²) in [6.07, 6.45) is 0. The first-order chi connectivity index (χ1) is 5.96. The fourth-order valence-corrected chi connectivity index (χ4v) is 1.64. The van der Waals surface area contributed by atoms with E-state index in [0.717, 1.165) is 0 Å². The zero-order chi connectivity index (χ0) is 10.1. The molecule has 0 radical (unpaired) electrons. The summed E-state index contributed by atoms with van der Waals surface area (Å²) in [5, 5.41) is 0. The van der Waals surface area contributed by atoms with Crippen molar-refractivity contribution in [1.82, 2.24) is 0 Å². The van der Waals surface area contributed by atoms with Crippen molar-refractivity contribution in [3.63, 3.8) is 0 Å². The van der Waals surface area contributed by atoms with Crippen LogP contribution in [0.2, 0.25) is 0 Å². The van der Waals surface area contributed by atoms with E-state index >= 15 is 0 Å². The van der Waals surface area contributed by atoms with Gasteiger partial charge in [0, 0.05) is 0 Å². The first kappa shape index (κ1) is 9.82. The smallest absolute Gasteiger partial charge is 0.298 e. The molecular weight excluding hydrogens is 194 g/mol. The number of para-hydroxylation sites is 1. The monoisotopic (exact) mass is 203 g/mol. The molecule has 0 atom stereocenters. The van der Waals surface area contributed by atoms with Crippen LogP contribution in [0.5, 0.6) is 5.75 Å². The topological polar surface area (TPSA) is 89.6 Å². The Kier molecular flexibility index (Phi) is 2.44. The Balaban J connectivity index is 3.47. The van der Waals surface area contributed by atoms with Crippen molar-refractivity contribution in [2.24, 2.45) is 0 Å². The van der Waals surface area contributed by atoms with Crippen LogP contribution in [-0.2, 0) is 10.1 Å². The molecule has 0 amide bonds. The van der Waals surface area contributed by atoms with Gasteiger partial charge in [-0.2, -0.15) is 8.42 Å². The Labute approximate surface area is 75.9 Å². The predicted molar refractivity (Wildman–Crippen MR) is 47.2 cm³/mol. The summed E-state index contributed by atoms with van der Waals surface area (Å²) in [4.78, 5) is -0.324. The molecule has 5 nitrogen and oxygen atoms in total. The number of ether oxygens (including phenoxy) is 1. The lowest BCUT2D eigenvalue weighted by molar-refractivity contribution is 0.400. The summed E-state index contributed by atoms with van der Waals surface area (Å²) in [5.74, 6) is -0.0370. The zero-order valence-electron chi connectivity index (χ0n) is 6.89. The normalized spacial score (nSPS) is 11.2. The van der Waals surface area contributed by atoms with Crippen LogP contribution < -0.4 is 10.5 Å². The fraction of sp³-hybridized carbons (Fsp3) is 0.143. The van der Waals surface area contributed by atoms with Crippen molar-refractivity contribution < 1.29 is 17.7 Å². The van der Waals surface area contributed by atoms with E-state index in [2.05, 4.69) is 0 Å². The van der Waals surface area contributed by atoms with Gasteiger partial charge in [0.05, 0.1) is 12.8 Å². The Bertz CT molecular complexity index is 413. The highest BCUT2D eigenvalue weighted by Gasteiger charge is 2.17. The Hall–Kier alpha value is -1.27. The molecule has 1 rings (SSSR count). The highest BCUT2D eigenvalue weighted by molar-refractivity contribution is 7.86. The van der Waals surface area contributed by atoms with Crippen LogP contribution in [0.1, 0.15) is 0 Å². The molecule has 0 aliphatic heterocycles.